The Morgan fingerprint density at radius 3 is 0.663 bits per heavy atom. The maximum absolute atomic E-state index is 2.34. The lowest BCUT2D eigenvalue weighted by Crippen LogP contribution is -2.10. The molecule has 0 fully saturated rings. The third-order valence-corrected chi connectivity index (χ3v) is 15.8. The molecule has 86 heavy (non-hydrogen) atoms. The van der Waals surface area contributed by atoms with E-state index in [2.05, 4.69) is 385 Å². The highest BCUT2D eigenvalue weighted by Crippen LogP contribution is 2.43. The van der Waals surface area contributed by atoms with Gasteiger partial charge in [0, 0.05) is 67.6 Å². The molecule has 0 saturated carbocycles. The number of benzene rings is 14. The lowest BCUT2D eigenvalue weighted by Gasteiger charge is -2.27. The van der Waals surface area contributed by atoms with Gasteiger partial charge < -0.3 is 19.6 Å². The molecule has 0 saturated heterocycles. The lowest BCUT2D eigenvalue weighted by atomic mass is 10.0. The first-order chi connectivity index (χ1) is 42.5. The van der Waals surface area contributed by atoms with Crippen LogP contribution < -0.4 is 19.6 Å². The van der Waals surface area contributed by atoms with Crippen molar-refractivity contribution in [3.05, 3.63) is 363 Å². The highest BCUT2D eigenvalue weighted by Gasteiger charge is 2.19. The van der Waals surface area contributed by atoms with Crippen LogP contribution in [0, 0.1) is 13.8 Å². The zero-order chi connectivity index (χ0) is 58.0. The van der Waals surface area contributed by atoms with Crippen LogP contribution in [-0.2, 0) is 0 Å². The van der Waals surface area contributed by atoms with Gasteiger partial charge in [0.05, 0.1) is 11.4 Å². The highest BCUT2D eigenvalue weighted by atomic mass is 15.2. The van der Waals surface area contributed by atoms with E-state index in [9.17, 15) is 0 Å². The molecular formula is C82H64N4. The fourth-order valence-electron chi connectivity index (χ4n) is 11.5. The minimum Gasteiger partial charge on any atom is -0.311 e. The Morgan fingerprint density at radius 1 is 0.163 bits per heavy atom. The Hall–Kier alpha value is -11.2. The third-order valence-electron chi connectivity index (χ3n) is 15.8. The Balaban J connectivity index is 0.000000161. The van der Waals surface area contributed by atoms with Gasteiger partial charge in [0.2, 0.25) is 0 Å². The van der Waals surface area contributed by atoms with Crippen molar-refractivity contribution in [2.45, 2.75) is 13.8 Å². The molecule has 0 amide bonds. The molecule has 0 unspecified atom stereocenters. The summed E-state index contributed by atoms with van der Waals surface area (Å²) in [5.41, 5.74) is 20.9. The van der Waals surface area contributed by atoms with Crippen molar-refractivity contribution in [1.82, 2.24) is 0 Å². The molecule has 0 aromatic heterocycles. The normalized spacial score (nSPS) is 10.9. The summed E-state index contributed by atoms with van der Waals surface area (Å²) in [7, 11) is 0. The fraction of sp³-hybridized carbons (Fsp3) is 0.0244. The molecule has 4 heteroatoms. The summed E-state index contributed by atoms with van der Waals surface area (Å²) in [5, 5.41) is 4.90. The summed E-state index contributed by atoms with van der Waals surface area (Å²) in [6, 6.07) is 125. The van der Waals surface area contributed by atoms with Crippen molar-refractivity contribution >= 4 is 89.8 Å². The van der Waals surface area contributed by atoms with E-state index >= 15 is 0 Å². The van der Waals surface area contributed by atoms with Gasteiger partial charge in [-0.2, -0.15) is 0 Å². The van der Waals surface area contributed by atoms with Gasteiger partial charge in [0.15, 0.2) is 0 Å². The van der Waals surface area contributed by atoms with Crippen LogP contribution in [0.15, 0.2) is 352 Å². The van der Waals surface area contributed by atoms with Crippen LogP contribution in [0.3, 0.4) is 0 Å². The molecule has 0 bridgehead atoms. The molecule has 0 aliphatic rings. The van der Waals surface area contributed by atoms with E-state index in [1.54, 1.807) is 0 Å². The van der Waals surface area contributed by atoms with Gasteiger partial charge in [0.1, 0.15) is 0 Å². The second kappa shape index (κ2) is 25.1. The van der Waals surface area contributed by atoms with Crippen molar-refractivity contribution in [3.63, 3.8) is 0 Å². The number of hydrogen-bond donors (Lipinski definition) is 0. The SMILES string of the molecule is Cc1ccc(N(c2ccccc2)c2ccc(-c3ccc(N(c4ccccc4)c4ccc(C)cc4)cc3)cc2)cc1.c1ccc(N(c2ccc(-c3ccc(N(c4ccccc4)c4cccc5ccccc45)cc3)cc2)c2cccc3ccccc23)cc1. The van der Waals surface area contributed by atoms with Gasteiger partial charge in [-0.3, -0.25) is 0 Å². The topological polar surface area (TPSA) is 13.0 Å². The van der Waals surface area contributed by atoms with Crippen molar-refractivity contribution in [3.8, 4) is 22.3 Å². The van der Waals surface area contributed by atoms with Crippen molar-refractivity contribution in [2.24, 2.45) is 0 Å². The maximum atomic E-state index is 2.34. The number of hydrogen-bond acceptors (Lipinski definition) is 4. The second-order valence-electron chi connectivity index (χ2n) is 21.5. The number of aryl methyl sites for hydroxylation is 2. The van der Waals surface area contributed by atoms with Gasteiger partial charge in [-0.15, -0.1) is 0 Å². The van der Waals surface area contributed by atoms with E-state index in [1.807, 2.05) is 0 Å². The van der Waals surface area contributed by atoms with E-state index < -0.39 is 0 Å². The molecule has 0 N–H and O–H groups in total. The average molecular weight is 1110 g/mol. The third kappa shape index (κ3) is 11.7. The van der Waals surface area contributed by atoms with E-state index in [-0.39, 0.29) is 0 Å². The Labute approximate surface area is 505 Å². The van der Waals surface area contributed by atoms with Crippen LogP contribution in [-0.4, -0.2) is 0 Å². The second-order valence-corrected chi connectivity index (χ2v) is 21.5. The Kier molecular flexibility index (Phi) is 15.8. The molecule has 14 aromatic rings. The molecule has 0 aliphatic carbocycles. The van der Waals surface area contributed by atoms with Crippen LogP contribution in [0.4, 0.5) is 68.2 Å². The van der Waals surface area contributed by atoms with Crippen molar-refractivity contribution in [1.29, 1.82) is 0 Å². The largest absolute Gasteiger partial charge is 0.311 e. The van der Waals surface area contributed by atoms with Crippen LogP contribution >= 0.6 is 0 Å². The molecule has 0 radical (unpaired) electrons. The van der Waals surface area contributed by atoms with Crippen LogP contribution in [0.25, 0.3) is 43.8 Å². The minimum atomic E-state index is 1.12. The van der Waals surface area contributed by atoms with Crippen molar-refractivity contribution in [2.75, 3.05) is 19.6 Å². The first-order valence-electron chi connectivity index (χ1n) is 29.4. The fourth-order valence-corrected chi connectivity index (χ4v) is 11.5. The number of anilines is 12. The summed E-state index contributed by atoms with van der Waals surface area (Å²) >= 11 is 0. The maximum Gasteiger partial charge on any atom is 0.0540 e. The average Bonchev–Trinajstić information content (AvgIpc) is 3.62. The van der Waals surface area contributed by atoms with E-state index in [1.165, 1.54) is 54.9 Å². The van der Waals surface area contributed by atoms with E-state index in [4.69, 9.17) is 0 Å². The molecule has 14 rings (SSSR count). The summed E-state index contributed by atoms with van der Waals surface area (Å²) in [5.74, 6) is 0. The first kappa shape index (κ1) is 54.1. The van der Waals surface area contributed by atoms with Gasteiger partial charge in [0.25, 0.3) is 0 Å². The highest BCUT2D eigenvalue weighted by molar-refractivity contribution is 6.00. The van der Waals surface area contributed by atoms with E-state index in [0.29, 0.717) is 0 Å². The molecule has 0 spiro atoms. The molecule has 0 heterocycles. The standard InChI is InChI=1S/C44H32N2.C38H32N2/c1-3-17-37(18-4-1)45(43-23-11-15-35-13-7-9-21-41(35)43)39-29-25-33(26-30-39)34-27-31-40(32-28-34)46(38-19-5-2-6-20-38)44-24-12-16-36-14-8-10-22-42(36)44;1-29-13-21-35(22-14-29)39(33-9-5-3-6-10-33)37-25-17-31(18-26-37)32-19-27-38(28-20-32)40(34-11-7-4-8-12-34)36-23-15-30(2)16-24-36/h1-32H;3-28H,1-2H3. The van der Waals surface area contributed by atoms with Gasteiger partial charge in [-0.1, -0.05) is 230 Å². The molecule has 14 aromatic carbocycles. The van der Waals surface area contributed by atoms with Gasteiger partial charge in [-0.05, 0) is 180 Å². The minimum absolute atomic E-state index is 1.12. The molecule has 412 valence electrons. The predicted octanol–water partition coefficient (Wildman–Crippen LogP) is 23.5. The predicted molar refractivity (Wildman–Crippen MR) is 367 cm³/mol. The molecule has 4 nitrogen and oxygen atoms in total. The zero-order valence-electron chi connectivity index (χ0n) is 48.3. The van der Waals surface area contributed by atoms with Crippen LogP contribution in [0.5, 0.6) is 0 Å². The van der Waals surface area contributed by atoms with Crippen LogP contribution in [0.2, 0.25) is 0 Å². The molecule has 0 aliphatic heterocycles. The monoisotopic (exact) mass is 1100 g/mol. The molecular weight excluding hydrogens is 1040 g/mol. The Bertz CT molecular complexity index is 4170. The number of nitrogens with zero attached hydrogens (tertiary/aromatic N) is 4. The quantitative estimate of drug-likeness (QED) is 0.108. The number of fused-ring (bicyclic) bond motifs is 2. The van der Waals surface area contributed by atoms with Gasteiger partial charge >= 0.3 is 0 Å². The molecule has 0 atom stereocenters. The van der Waals surface area contributed by atoms with Crippen molar-refractivity contribution < 1.29 is 0 Å². The summed E-state index contributed by atoms with van der Waals surface area (Å²) in [4.78, 5) is 9.28. The first-order valence-corrected chi connectivity index (χ1v) is 29.4. The summed E-state index contributed by atoms with van der Waals surface area (Å²) < 4.78 is 0. The number of para-hydroxylation sites is 4. The van der Waals surface area contributed by atoms with E-state index in [0.717, 1.165) is 68.2 Å². The Morgan fingerprint density at radius 2 is 0.372 bits per heavy atom. The smallest absolute Gasteiger partial charge is 0.0540 e. The van der Waals surface area contributed by atoms with Gasteiger partial charge in [-0.25, -0.2) is 0 Å². The zero-order valence-corrected chi connectivity index (χ0v) is 48.3. The van der Waals surface area contributed by atoms with Crippen LogP contribution in [0.1, 0.15) is 11.1 Å². The summed E-state index contributed by atoms with van der Waals surface area (Å²) in [6.07, 6.45) is 0. The lowest BCUT2D eigenvalue weighted by molar-refractivity contribution is 1.27. The number of rotatable bonds is 14. The summed E-state index contributed by atoms with van der Waals surface area (Å²) in [6.45, 7) is 4.24.